The maximum Gasteiger partial charge on any atom is 0.173 e. The predicted octanol–water partition coefficient (Wildman–Crippen LogP) is 2.82. The SMILES string of the molecule is C=CCOc1cc(C(=O)CC=O)c(F)cc1Cl. The highest BCUT2D eigenvalue weighted by Crippen LogP contribution is 2.28. The minimum atomic E-state index is -0.771. The number of ether oxygens (including phenoxy) is 1. The number of ketones is 1. The van der Waals surface area contributed by atoms with Gasteiger partial charge in [-0.15, -0.1) is 0 Å². The third-order valence-electron chi connectivity index (χ3n) is 1.95. The monoisotopic (exact) mass is 256 g/mol. The standard InChI is InChI=1S/C12H10ClFO3/c1-2-5-17-12-6-8(11(16)3-4-15)10(14)7-9(12)13/h2,4,6-7H,1,3,5H2. The Hall–Kier alpha value is -1.68. The lowest BCUT2D eigenvalue weighted by molar-refractivity contribution is -0.107. The van der Waals surface area contributed by atoms with Crippen LogP contribution in [0.3, 0.4) is 0 Å². The van der Waals surface area contributed by atoms with Crippen molar-refractivity contribution in [3.8, 4) is 5.75 Å². The van der Waals surface area contributed by atoms with Crippen molar-refractivity contribution in [3.63, 3.8) is 0 Å². The van der Waals surface area contributed by atoms with Crippen molar-refractivity contribution in [2.24, 2.45) is 0 Å². The number of rotatable bonds is 6. The highest BCUT2D eigenvalue weighted by atomic mass is 35.5. The number of carbonyl (C=O) groups is 2. The van der Waals surface area contributed by atoms with E-state index in [9.17, 15) is 14.0 Å². The highest BCUT2D eigenvalue weighted by Gasteiger charge is 2.15. The molecule has 0 spiro atoms. The van der Waals surface area contributed by atoms with E-state index in [1.165, 1.54) is 12.1 Å². The van der Waals surface area contributed by atoms with Crippen molar-refractivity contribution in [1.29, 1.82) is 0 Å². The smallest absolute Gasteiger partial charge is 0.173 e. The molecule has 0 aliphatic carbocycles. The molecule has 17 heavy (non-hydrogen) atoms. The summed E-state index contributed by atoms with van der Waals surface area (Å²) in [4.78, 5) is 21.6. The number of Topliss-reactive ketones (excluding diaryl/α,β-unsaturated/α-hetero) is 1. The maximum atomic E-state index is 13.4. The fourth-order valence-corrected chi connectivity index (χ4v) is 1.39. The molecule has 90 valence electrons. The molecule has 0 amide bonds. The molecule has 3 nitrogen and oxygen atoms in total. The summed E-state index contributed by atoms with van der Waals surface area (Å²) >= 11 is 5.74. The molecule has 0 unspecified atom stereocenters. The van der Waals surface area contributed by atoms with Gasteiger partial charge in [0.2, 0.25) is 0 Å². The first-order valence-corrected chi connectivity index (χ1v) is 5.17. The number of halogens is 2. The van der Waals surface area contributed by atoms with Crippen LogP contribution in [0.4, 0.5) is 4.39 Å². The van der Waals surface area contributed by atoms with Crippen molar-refractivity contribution in [1.82, 2.24) is 0 Å². The first-order chi connectivity index (χ1) is 8.10. The Morgan fingerprint density at radius 1 is 1.53 bits per heavy atom. The lowest BCUT2D eigenvalue weighted by atomic mass is 10.1. The Morgan fingerprint density at radius 3 is 2.82 bits per heavy atom. The Bertz CT molecular complexity index is 457. The minimum Gasteiger partial charge on any atom is -0.488 e. The zero-order valence-corrected chi connectivity index (χ0v) is 9.67. The van der Waals surface area contributed by atoms with Gasteiger partial charge >= 0.3 is 0 Å². The van der Waals surface area contributed by atoms with Crippen LogP contribution in [0.1, 0.15) is 16.8 Å². The molecule has 1 aromatic carbocycles. The fourth-order valence-electron chi connectivity index (χ4n) is 1.19. The molecule has 0 saturated heterocycles. The van der Waals surface area contributed by atoms with E-state index in [0.29, 0.717) is 6.29 Å². The summed E-state index contributed by atoms with van der Waals surface area (Å²) in [7, 11) is 0. The Morgan fingerprint density at radius 2 is 2.24 bits per heavy atom. The van der Waals surface area contributed by atoms with Crippen molar-refractivity contribution in [3.05, 3.63) is 41.2 Å². The summed E-state index contributed by atoms with van der Waals surface area (Å²) in [5.74, 6) is -1.20. The molecule has 0 radical (unpaired) electrons. The van der Waals surface area contributed by atoms with E-state index >= 15 is 0 Å². The largest absolute Gasteiger partial charge is 0.488 e. The lowest BCUT2D eigenvalue weighted by Crippen LogP contribution is -2.04. The van der Waals surface area contributed by atoms with E-state index in [1.54, 1.807) is 0 Å². The maximum absolute atomic E-state index is 13.4. The zero-order valence-electron chi connectivity index (χ0n) is 8.91. The van der Waals surface area contributed by atoms with Gasteiger partial charge in [-0.05, 0) is 12.1 Å². The topological polar surface area (TPSA) is 43.4 Å². The lowest BCUT2D eigenvalue weighted by Gasteiger charge is -2.08. The highest BCUT2D eigenvalue weighted by molar-refractivity contribution is 6.32. The van der Waals surface area contributed by atoms with Gasteiger partial charge in [0.1, 0.15) is 24.5 Å². The van der Waals surface area contributed by atoms with Gasteiger partial charge in [0.25, 0.3) is 0 Å². The number of carbonyl (C=O) groups excluding carboxylic acids is 2. The normalized spacial score (nSPS) is 9.76. The quantitative estimate of drug-likeness (QED) is 0.340. The molecule has 0 saturated carbocycles. The van der Waals surface area contributed by atoms with Gasteiger partial charge in [-0.3, -0.25) is 4.79 Å². The molecular weight excluding hydrogens is 247 g/mol. The van der Waals surface area contributed by atoms with E-state index < -0.39 is 11.6 Å². The summed E-state index contributed by atoms with van der Waals surface area (Å²) in [6.45, 7) is 3.64. The van der Waals surface area contributed by atoms with Gasteiger partial charge in [-0.1, -0.05) is 24.3 Å². The Kier molecular flexibility index (Phi) is 4.84. The number of hydrogen-bond acceptors (Lipinski definition) is 3. The van der Waals surface area contributed by atoms with Crippen LogP contribution in [-0.4, -0.2) is 18.7 Å². The summed E-state index contributed by atoms with van der Waals surface area (Å²) in [5, 5.41) is 0.0620. The van der Waals surface area contributed by atoms with Gasteiger partial charge in [0, 0.05) is 0 Å². The van der Waals surface area contributed by atoms with E-state index in [0.717, 1.165) is 6.07 Å². The molecule has 0 fully saturated rings. The van der Waals surface area contributed by atoms with E-state index in [-0.39, 0.29) is 29.4 Å². The van der Waals surface area contributed by atoms with Crippen LogP contribution in [0.2, 0.25) is 5.02 Å². The summed E-state index contributed by atoms with van der Waals surface area (Å²) in [6.07, 6.45) is 1.53. The molecular formula is C12H10ClFO3. The third kappa shape index (κ3) is 3.39. The Balaban J connectivity index is 3.08. The second-order valence-corrected chi connectivity index (χ2v) is 3.56. The van der Waals surface area contributed by atoms with Crippen molar-refractivity contribution >= 4 is 23.7 Å². The second kappa shape index (κ2) is 6.15. The first kappa shape index (κ1) is 13.4. The molecule has 5 heteroatoms. The van der Waals surface area contributed by atoms with Gasteiger partial charge in [-0.2, -0.15) is 0 Å². The van der Waals surface area contributed by atoms with E-state index in [4.69, 9.17) is 16.3 Å². The van der Waals surface area contributed by atoms with Crippen molar-refractivity contribution in [2.45, 2.75) is 6.42 Å². The summed E-state index contributed by atoms with van der Waals surface area (Å²) in [6, 6.07) is 2.17. The molecule has 0 aliphatic rings. The van der Waals surface area contributed by atoms with Crippen LogP contribution < -0.4 is 4.74 Å². The predicted molar refractivity (Wildman–Crippen MR) is 62.1 cm³/mol. The third-order valence-corrected chi connectivity index (χ3v) is 2.24. The average molecular weight is 257 g/mol. The second-order valence-electron chi connectivity index (χ2n) is 3.16. The number of benzene rings is 1. The molecule has 0 N–H and O–H groups in total. The molecule has 0 aliphatic heterocycles. The van der Waals surface area contributed by atoms with Crippen LogP contribution >= 0.6 is 11.6 Å². The van der Waals surface area contributed by atoms with Crippen LogP contribution in [0.15, 0.2) is 24.8 Å². The molecule has 1 aromatic rings. The van der Waals surface area contributed by atoms with Crippen molar-refractivity contribution < 1.29 is 18.7 Å². The van der Waals surface area contributed by atoms with Crippen LogP contribution in [-0.2, 0) is 4.79 Å². The zero-order chi connectivity index (χ0) is 12.8. The molecule has 0 bridgehead atoms. The van der Waals surface area contributed by atoms with Crippen LogP contribution in [0, 0.1) is 5.82 Å². The molecule has 1 rings (SSSR count). The van der Waals surface area contributed by atoms with Gasteiger partial charge in [-0.25, -0.2) is 4.39 Å². The first-order valence-electron chi connectivity index (χ1n) is 4.79. The summed E-state index contributed by atoms with van der Waals surface area (Å²) in [5.41, 5.74) is -0.208. The van der Waals surface area contributed by atoms with Crippen molar-refractivity contribution in [2.75, 3.05) is 6.61 Å². The number of hydrogen-bond donors (Lipinski definition) is 0. The average Bonchev–Trinajstić information content (AvgIpc) is 2.28. The van der Waals surface area contributed by atoms with Gasteiger partial charge in [0.05, 0.1) is 17.0 Å². The van der Waals surface area contributed by atoms with E-state index in [1.807, 2.05) is 0 Å². The minimum absolute atomic E-state index is 0.0620. The summed E-state index contributed by atoms with van der Waals surface area (Å²) < 4.78 is 18.6. The number of aldehydes is 1. The molecule has 0 aromatic heterocycles. The van der Waals surface area contributed by atoms with Gasteiger partial charge in [0.15, 0.2) is 5.78 Å². The van der Waals surface area contributed by atoms with Crippen LogP contribution in [0.25, 0.3) is 0 Å². The van der Waals surface area contributed by atoms with E-state index in [2.05, 4.69) is 6.58 Å². The van der Waals surface area contributed by atoms with Gasteiger partial charge < -0.3 is 9.53 Å². The van der Waals surface area contributed by atoms with Crippen LogP contribution in [0.5, 0.6) is 5.75 Å². The Labute approximate surface area is 103 Å². The molecule has 0 heterocycles. The molecule has 0 atom stereocenters. The fraction of sp³-hybridized carbons (Fsp3) is 0.167.